The number of piperazine rings is 1. The van der Waals surface area contributed by atoms with Gasteiger partial charge in [0, 0.05) is 53.1 Å². The van der Waals surface area contributed by atoms with Crippen LogP contribution in [0.4, 0.5) is 0 Å². The zero-order valence-electron chi connectivity index (χ0n) is 10.7. The summed E-state index contributed by atoms with van der Waals surface area (Å²) in [5.74, 6) is -0.0371. The van der Waals surface area contributed by atoms with E-state index in [0.29, 0.717) is 26.2 Å². The Morgan fingerprint density at radius 3 is 2.33 bits per heavy atom. The first-order chi connectivity index (χ1) is 8.39. The summed E-state index contributed by atoms with van der Waals surface area (Å²) in [4.78, 5) is 12.8. The van der Waals surface area contributed by atoms with E-state index >= 15 is 0 Å². The molecule has 0 unspecified atom stereocenters. The third kappa shape index (κ3) is 3.41. The molecule has 0 aromatic carbocycles. The molecule has 0 aromatic rings. The minimum atomic E-state index is -3.51. The summed E-state index contributed by atoms with van der Waals surface area (Å²) in [5, 5.41) is 8.46. The van der Waals surface area contributed by atoms with Crippen molar-refractivity contribution in [2.24, 2.45) is 0 Å². The first kappa shape index (κ1) is 14.9. The summed E-state index contributed by atoms with van der Waals surface area (Å²) in [5.41, 5.74) is 0. The first-order valence-electron chi connectivity index (χ1n) is 5.73. The van der Waals surface area contributed by atoms with Crippen molar-refractivity contribution in [3.63, 3.8) is 0 Å². The molecule has 1 rings (SSSR count). The molecule has 1 fully saturated rings. The molecule has 0 atom stereocenters. The van der Waals surface area contributed by atoms with Crippen LogP contribution in [0, 0.1) is 11.3 Å². The minimum absolute atomic E-state index is 0.0371. The van der Waals surface area contributed by atoms with Crippen LogP contribution < -0.4 is 0 Å². The van der Waals surface area contributed by atoms with Gasteiger partial charge in [0.1, 0.15) is 0 Å². The molecule has 0 saturated carbocycles. The minimum Gasteiger partial charge on any atom is -0.340 e. The van der Waals surface area contributed by atoms with E-state index in [9.17, 15) is 13.2 Å². The Morgan fingerprint density at radius 2 is 1.89 bits per heavy atom. The highest BCUT2D eigenvalue weighted by Crippen LogP contribution is 2.11. The SMILES string of the molecule is CC(=O)N1CCN(S(=O)(=O)N(C)CCC#N)CC1. The van der Waals surface area contributed by atoms with Crippen molar-refractivity contribution in [3.8, 4) is 6.07 Å². The topological polar surface area (TPSA) is 84.7 Å². The second-order valence-electron chi connectivity index (χ2n) is 4.14. The number of nitriles is 1. The van der Waals surface area contributed by atoms with Crippen LogP contribution in [0.1, 0.15) is 13.3 Å². The van der Waals surface area contributed by atoms with Crippen molar-refractivity contribution in [2.45, 2.75) is 13.3 Å². The lowest BCUT2D eigenvalue weighted by atomic mass is 10.3. The highest BCUT2D eigenvalue weighted by Gasteiger charge is 2.30. The Labute approximate surface area is 108 Å². The molecular formula is C10H18N4O3S. The molecule has 0 radical (unpaired) electrons. The van der Waals surface area contributed by atoms with Gasteiger partial charge in [0.2, 0.25) is 5.91 Å². The Bertz CT molecular complexity index is 435. The van der Waals surface area contributed by atoms with Crippen LogP contribution >= 0.6 is 0 Å². The van der Waals surface area contributed by atoms with E-state index in [-0.39, 0.29) is 18.9 Å². The first-order valence-corrected chi connectivity index (χ1v) is 7.13. The highest BCUT2D eigenvalue weighted by molar-refractivity contribution is 7.86. The fourth-order valence-electron chi connectivity index (χ4n) is 1.75. The van der Waals surface area contributed by atoms with E-state index < -0.39 is 10.2 Å². The van der Waals surface area contributed by atoms with Crippen LogP contribution in [-0.4, -0.2) is 67.6 Å². The quantitative estimate of drug-likeness (QED) is 0.674. The van der Waals surface area contributed by atoms with Gasteiger partial charge in [-0.05, 0) is 0 Å². The maximum Gasteiger partial charge on any atom is 0.281 e. The Kier molecular flexibility index (Phi) is 5.07. The molecule has 0 N–H and O–H groups in total. The van der Waals surface area contributed by atoms with Crippen LogP contribution in [-0.2, 0) is 15.0 Å². The van der Waals surface area contributed by atoms with Crippen LogP contribution in [0.3, 0.4) is 0 Å². The summed E-state index contributed by atoms with van der Waals surface area (Å²) in [6.07, 6.45) is 0.170. The maximum absolute atomic E-state index is 12.1. The maximum atomic E-state index is 12.1. The number of amides is 1. The number of nitrogens with zero attached hydrogens (tertiary/aromatic N) is 4. The molecule has 0 aliphatic carbocycles. The molecule has 1 aliphatic heterocycles. The standard InChI is InChI=1S/C10H18N4O3S/c1-10(15)13-6-8-14(9-7-13)18(16,17)12(2)5-3-4-11/h3,5-9H2,1-2H3. The second-order valence-corrected chi connectivity index (χ2v) is 6.18. The van der Waals surface area contributed by atoms with Gasteiger partial charge >= 0.3 is 0 Å². The van der Waals surface area contributed by atoms with E-state index in [1.54, 1.807) is 4.90 Å². The van der Waals surface area contributed by atoms with Gasteiger partial charge in [-0.15, -0.1) is 0 Å². The summed E-state index contributed by atoms with van der Waals surface area (Å²) < 4.78 is 26.7. The smallest absolute Gasteiger partial charge is 0.281 e. The third-order valence-corrected chi connectivity index (χ3v) is 4.93. The summed E-state index contributed by atoms with van der Waals surface area (Å²) >= 11 is 0. The molecule has 8 heteroatoms. The van der Waals surface area contributed by atoms with E-state index in [0.717, 1.165) is 0 Å². The van der Waals surface area contributed by atoms with Gasteiger partial charge in [0.15, 0.2) is 0 Å². The summed E-state index contributed by atoms with van der Waals surface area (Å²) in [6.45, 7) is 3.11. The van der Waals surface area contributed by atoms with Crippen molar-refractivity contribution in [3.05, 3.63) is 0 Å². The fourth-order valence-corrected chi connectivity index (χ4v) is 3.09. The molecule has 1 amide bonds. The number of hydrogen-bond acceptors (Lipinski definition) is 4. The van der Waals surface area contributed by atoms with Gasteiger partial charge in [-0.2, -0.15) is 22.3 Å². The van der Waals surface area contributed by atoms with Crippen LogP contribution in [0.25, 0.3) is 0 Å². The summed E-state index contributed by atoms with van der Waals surface area (Å²) in [6, 6.07) is 1.92. The summed E-state index contributed by atoms with van der Waals surface area (Å²) in [7, 11) is -2.04. The molecule has 7 nitrogen and oxygen atoms in total. The van der Waals surface area contributed by atoms with Gasteiger partial charge in [-0.25, -0.2) is 0 Å². The van der Waals surface area contributed by atoms with E-state index in [1.165, 1.54) is 22.6 Å². The van der Waals surface area contributed by atoms with E-state index in [1.807, 2.05) is 6.07 Å². The predicted octanol–water partition coefficient (Wildman–Crippen LogP) is -0.759. The molecule has 0 aromatic heterocycles. The molecule has 0 spiro atoms. The molecule has 1 saturated heterocycles. The van der Waals surface area contributed by atoms with Gasteiger partial charge in [-0.3, -0.25) is 4.79 Å². The van der Waals surface area contributed by atoms with Gasteiger partial charge in [0.25, 0.3) is 10.2 Å². The Balaban J connectivity index is 2.61. The van der Waals surface area contributed by atoms with E-state index in [4.69, 9.17) is 5.26 Å². The average Bonchev–Trinajstić information content (AvgIpc) is 2.35. The third-order valence-electron chi connectivity index (χ3n) is 2.94. The molecule has 1 aliphatic rings. The lowest BCUT2D eigenvalue weighted by Crippen LogP contribution is -2.53. The fraction of sp³-hybridized carbons (Fsp3) is 0.800. The molecule has 18 heavy (non-hydrogen) atoms. The Morgan fingerprint density at radius 1 is 1.33 bits per heavy atom. The molecular weight excluding hydrogens is 256 g/mol. The molecule has 102 valence electrons. The lowest BCUT2D eigenvalue weighted by molar-refractivity contribution is -0.130. The number of carbonyl (C=O) groups is 1. The second kappa shape index (κ2) is 6.13. The van der Waals surface area contributed by atoms with Crippen LogP contribution in [0.15, 0.2) is 0 Å². The zero-order valence-corrected chi connectivity index (χ0v) is 11.5. The number of carbonyl (C=O) groups excluding carboxylic acids is 1. The number of hydrogen-bond donors (Lipinski definition) is 0. The lowest BCUT2D eigenvalue weighted by Gasteiger charge is -2.35. The zero-order chi connectivity index (χ0) is 13.8. The van der Waals surface area contributed by atoms with Gasteiger partial charge < -0.3 is 4.90 Å². The van der Waals surface area contributed by atoms with Crippen molar-refractivity contribution < 1.29 is 13.2 Å². The van der Waals surface area contributed by atoms with Crippen molar-refractivity contribution in [1.29, 1.82) is 5.26 Å². The molecule has 0 bridgehead atoms. The van der Waals surface area contributed by atoms with Crippen molar-refractivity contribution >= 4 is 16.1 Å². The Hall–Kier alpha value is -1.17. The van der Waals surface area contributed by atoms with Crippen molar-refractivity contribution in [1.82, 2.24) is 13.5 Å². The van der Waals surface area contributed by atoms with E-state index in [2.05, 4.69) is 0 Å². The predicted molar refractivity (Wildman–Crippen MR) is 65.6 cm³/mol. The molecule has 1 heterocycles. The largest absolute Gasteiger partial charge is 0.340 e. The van der Waals surface area contributed by atoms with Crippen molar-refractivity contribution in [2.75, 3.05) is 39.8 Å². The highest BCUT2D eigenvalue weighted by atomic mass is 32.2. The van der Waals surface area contributed by atoms with Crippen LogP contribution in [0.5, 0.6) is 0 Å². The van der Waals surface area contributed by atoms with Gasteiger partial charge in [-0.1, -0.05) is 0 Å². The van der Waals surface area contributed by atoms with Crippen LogP contribution in [0.2, 0.25) is 0 Å². The van der Waals surface area contributed by atoms with Gasteiger partial charge in [0.05, 0.1) is 6.07 Å². The average molecular weight is 274 g/mol. The number of rotatable bonds is 4. The monoisotopic (exact) mass is 274 g/mol. The normalized spacial score (nSPS) is 17.8.